The van der Waals surface area contributed by atoms with Gasteiger partial charge < -0.3 is 14.9 Å². The highest BCUT2D eigenvalue weighted by molar-refractivity contribution is 6.62. The Hall–Kier alpha value is -1.52. The first kappa shape index (κ1) is 14.5. The Balaban J connectivity index is 0.000000771. The number of nitrogens with zero attached hydrogens (tertiary/aromatic N) is 1. The number of hydrogen-bond acceptors (Lipinski definition) is 3. The molecule has 2 aromatic rings. The van der Waals surface area contributed by atoms with Crippen molar-refractivity contribution in [1.82, 2.24) is 0 Å². The van der Waals surface area contributed by atoms with Gasteiger partial charge in [0, 0.05) is 25.2 Å². The van der Waals surface area contributed by atoms with Gasteiger partial charge in [-0.25, -0.2) is 0 Å². The highest BCUT2D eigenvalue weighted by Crippen LogP contribution is 2.23. The topological polar surface area (TPSA) is 43.7 Å². The highest BCUT2D eigenvalue weighted by Gasteiger charge is 2.15. The van der Waals surface area contributed by atoms with Crippen molar-refractivity contribution in [3.05, 3.63) is 36.4 Å². The van der Waals surface area contributed by atoms with Crippen LogP contribution in [0.1, 0.15) is 13.8 Å². The molecule has 96 valence electrons. The van der Waals surface area contributed by atoms with Gasteiger partial charge >= 0.3 is 7.12 Å². The van der Waals surface area contributed by atoms with E-state index in [9.17, 15) is 10.0 Å². The first-order valence-corrected chi connectivity index (χ1v) is 6.16. The average molecular weight is 245 g/mol. The SMILES string of the molecule is CC.CN(C)c1cccc2c(B(O)O)cccc12. The predicted octanol–water partition coefficient (Wildman–Crippen LogP) is 1.61. The van der Waals surface area contributed by atoms with Gasteiger partial charge in [-0.2, -0.15) is 0 Å². The molecule has 0 heterocycles. The molecule has 3 nitrogen and oxygen atoms in total. The molecule has 0 unspecified atom stereocenters. The van der Waals surface area contributed by atoms with E-state index in [1.54, 1.807) is 6.07 Å². The molecule has 0 saturated carbocycles. The molecule has 0 bridgehead atoms. The zero-order chi connectivity index (χ0) is 13.7. The van der Waals surface area contributed by atoms with E-state index in [0.717, 1.165) is 16.5 Å². The predicted molar refractivity (Wildman–Crippen MR) is 79.4 cm³/mol. The summed E-state index contributed by atoms with van der Waals surface area (Å²) in [5, 5.41) is 20.5. The van der Waals surface area contributed by atoms with E-state index in [0.29, 0.717) is 5.46 Å². The van der Waals surface area contributed by atoms with Gasteiger partial charge in [-0.15, -0.1) is 0 Å². The maximum absolute atomic E-state index is 9.29. The Morgan fingerprint density at radius 1 is 0.889 bits per heavy atom. The summed E-state index contributed by atoms with van der Waals surface area (Å²) in [5.41, 5.74) is 1.61. The van der Waals surface area contributed by atoms with Gasteiger partial charge in [0.1, 0.15) is 0 Å². The second-order valence-electron chi connectivity index (χ2n) is 3.99. The first-order chi connectivity index (χ1) is 8.61. The minimum absolute atomic E-state index is 0.543. The molecule has 2 N–H and O–H groups in total. The number of anilines is 1. The number of fused-ring (bicyclic) bond motifs is 1. The molecule has 0 atom stereocenters. The van der Waals surface area contributed by atoms with Gasteiger partial charge in [-0.05, 0) is 16.9 Å². The lowest BCUT2D eigenvalue weighted by Gasteiger charge is -2.16. The summed E-state index contributed by atoms with van der Waals surface area (Å²) in [6, 6.07) is 11.4. The quantitative estimate of drug-likeness (QED) is 0.790. The lowest BCUT2D eigenvalue weighted by Crippen LogP contribution is -2.30. The van der Waals surface area contributed by atoms with Crippen LogP contribution in [0.5, 0.6) is 0 Å². The van der Waals surface area contributed by atoms with Crippen molar-refractivity contribution in [3.63, 3.8) is 0 Å². The summed E-state index contributed by atoms with van der Waals surface area (Å²) in [4.78, 5) is 2.01. The number of hydrogen-bond donors (Lipinski definition) is 2. The maximum Gasteiger partial charge on any atom is 0.489 e. The third kappa shape index (κ3) is 2.83. The van der Waals surface area contributed by atoms with Gasteiger partial charge in [0.15, 0.2) is 0 Å². The Morgan fingerprint density at radius 2 is 1.44 bits per heavy atom. The molecule has 2 aromatic carbocycles. The fraction of sp³-hybridized carbons (Fsp3) is 0.286. The summed E-state index contributed by atoms with van der Waals surface area (Å²) < 4.78 is 0. The number of benzene rings is 2. The second kappa shape index (κ2) is 6.43. The average Bonchev–Trinajstić information content (AvgIpc) is 2.39. The third-order valence-corrected chi connectivity index (χ3v) is 2.69. The summed E-state index contributed by atoms with van der Waals surface area (Å²) in [6.45, 7) is 4.00. The van der Waals surface area contributed by atoms with Gasteiger partial charge in [0.2, 0.25) is 0 Å². The van der Waals surface area contributed by atoms with E-state index >= 15 is 0 Å². The molecule has 4 heteroatoms. The monoisotopic (exact) mass is 245 g/mol. The van der Waals surface area contributed by atoms with Crippen molar-refractivity contribution in [2.75, 3.05) is 19.0 Å². The molecule has 0 aliphatic heterocycles. The molecule has 0 aliphatic rings. The van der Waals surface area contributed by atoms with Gasteiger partial charge in [-0.1, -0.05) is 44.2 Å². The molecule has 0 radical (unpaired) electrons. The zero-order valence-corrected chi connectivity index (χ0v) is 11.4. The Bertz CT molecular complexity index is 465. The third-order valence-electron chi connectivity index (χ3n) is 2.69. The number of rotatable bonds is 2. The zero-order valence-electron chi connectivity index (χ0n) is 11.4. The summed E-state index contributed by atoms with van der Waals surface area (Å²) in [7, 11) is 2.51. The normalized spacial score (nSPS) is 9.67. The largest absolute Gasteiger partial charge is 0.489 e. The molecular formula is C14H20BNO2. The van der Waals surface area contributed by atoms with Crippen LogP contribution in [0.4, 0.5) is 5.69 Å². The van der Waals surface area contributed by atoms with E-state index in [-0.39, 0.29) is 0 Å². The Morgan fingerprint density at radius 3 is 2.00 bits per heavy atom. The summed E-state index contributed by atoms with van der Waals surface area (Å²) in [6.07, 6.45) is 0. The van der Waals surface area contributed by atoms with Crippen LogP contribution in [0.3, 0.4) is 0 Å². The van der Waals surface area contributed by atoms with E-state index in [2.05, 4.69) is 0 Å². The van der Waals surface area contributed by atoms with Crippen molar-refractivity contribution < 1.29 is 10.0 Å². The summed E-state index contributed by atoms with van der Waals surface area (Å²) >= 11 is 0. The molecule has 0 spiro atoms. The van der Waals surface area contributed by atoms with E-state index in [1.807, 2.05) is 63.2 Å². The van der Waals surface area contributed by atoms with Crippen LogP contribution < -0.4 is 10.4 Å². The molecule has 0 aromatic heterocycles. The van der Waals surface area contributed by atoms with Crippen molar-refractivity contribution in [1.29, 1.82) is 0 Å². The fourth-order valence-electron chi connectivity index (χ4n) is 1.93. The first-order valence-electron chi connectivity index (χ1n) is 6.16. The smallest absolute Gasteiger partial charge is 0.423 e. The van der Waals surface area contributed by atoms with Crippen molar-refractivity contribution >= 4 is 29.0 Å². The lowest BCUT2D eigenvalue weighted by molar-refractivity contribution is 0.426. The minimum atomic E-state index is -1.43. The van der Waals surface area contributed by atoms with E-state index in [1.165, 1.54) is 0 Å². The van der Waals surface area contributed by atoms with Crippen molar-refractivity contribution in [3.8, 4) is 0 Å². The Kier molecular flexibility index (Phi) is 5.19. The standard InChI is InChI=1S/C12H14BNO2.C2H6/c1-14(2)12-8-4-5-9-10(12)6-3-7-11(9)13(15)16;1-2/h3-8,15-16H,1-2H3;1-2H3. The van der Waals surface area contributed by atoms with Crippen LogP contribution >= 0.6 is 0 Å². The minimum Gasteiger partial charge on any atom is -0.423 e. The van der Waals surface area contributed by atoms with E-state index < -0.39 is 7.12 Å². The lowest BCUT2D eigenvalue weighted by atomic mass is 9.77. The molecule has 0 amide bonds. The maximum atomic E-state index is 9.29. The molecule has 18 heavy (non-hydrogen) atoms. The summed E-state index contributed by atoms with van der Waals surface area (Å²) in [5.74, 6) is 0. The van der Waals surface area contributed by atoms with Gasteiger partial charge in [0.05, 0.1) is 0 Å². The van der Waals surface area contributed by atoms with Crippen molar-refractivity contribution in [2.24, 2.45) is 0 Å². The molecule has 0 saturated heterocycles. The van der Waals surface area contributed by atoms with Crippen LogP contribution in [0.15, 0.2) is 36.4 Å². The van der Waals surface area contributed by atoms with Crippen LogP contribution in [-0.2, 0) is 0 Å². The van der Waals surface area contributed by atoms with E-state index in [4.69, 9.17) is 0 Å². The highest BCUT2D eigenvalue weighted by atomic mass is 16.4. The van der Waals surface area contributed by atoms with Crippen LogP contribution in [0, 0.1) is 0 Å². The molecular weight excluding hydrogens is 225 g/mol. The van der Waals surface area contributed by atoms with Crippen LogP contribution in [-0.4, -0.2) is 31.3 Å². The fourth-order valence-corrected chi connectivity index (χ4v) is 1.93. The van der Waals surface area contributed by atoms with Gasteiger partial charge in [0.25, 0.3) is 0 Å². The Labute approximate surface area is 109 Å². The molecule has 2 rings (SSSR count). The second-order valence-corrected chi connectivity index (χ2v) is 3.99. The van der Waals surface area contributed by atoms with Crippen LogP contribution in [0.25, 0.3) is 10.8 Å². The van der Waals surface area contributed by atoms with Gasteiger partial charge in [-0.3, -0.25) is 0 Å². The van der Waals surface area contributed by atoms with Crippen LogP contribution in [0.2, 0.25) is 0 Å². The molecule has 0 fully saturated rings. The molecule has 0 aliphatic carbocycles. The van der Waals surface area contributed by atoms with Crippen molar-refractivity contribution in [2.45, 2.75) is 13.8 Å².